The summed E-state index contributed by atoms with van der Waals surface area (Å²) < 4.78 is 2.47. The highest BCUT2D eigenvalue weighted by Crippen LogP contribution is 2.28. The first-order valence-corrected chi connectivity index (χ1v) is 9.80. The molecule has 130 valence electrons. The van der Waals surface area contributed by atoms with Crippen LogP contribution in [0.3, 0.4) is 0 Å². The molecule has 0 bridgehead atoms. The van der Waals surface area contributed by atoms with Crippen LogP contribution in [0.4, 0.5) is 0 Å². The average Bonchev–Trinajstić information content (AvgIpc) is 3.23. The average molecular weight is 346 g/mol. The number of hydrogen-bond acceptors (Lipinski definition) is 5. The molecule has 2 aliphatic rings. The Morgan fingerprint density at radius 2 is 1.96 bits per heavy atom. The lowest BCUT2D eigenvalue weighted by molar-refractivity contribution is 0.137. The summed E-state index contributed by atoms with van der Waals surface area (Å²) in [5.41, 5.74) is 1.39. The molecule has 4 heterocycles. The third-order valence-electron chi connectivity index (χ3n) is 5.42. The number of piperazine rings is 1. The number of likely N-dealkylation sites (N-methyl/N-ethyl adjacent to an activating group) is 1. The van der Waals surface area contributed by atoms with Crippen molar-refractivity contribution < 1.29 is 0 Å². The standard InChI is InChI=1S/C18H27N5S/c1-15-18-19-12-16(13-21-7-5-20(2)6-8-21)23(18)10-9-22(15)14-17-4-3-11-24-17/h3-4,11-12,15H,5-10,13-14H2,1-2H3/t15-/m1/s1. The van der Waals surface area contributed by atoms with Crippen LogP contribution in [0.5, 0.6) is 0 Å². The van der Waals surface area contributed by atoms with E-state index in [0.29, 0.717) is 6.04 Å². The van der Waals surface area contributed by atoms with Gasteiger partial charge in [-0.05, 0) is 25.4 Å². The van der Waals surface area contributed by atoms with Gasteiger partial charge in [0.1, 0.15) is 5.82 Å². The SMILES string of the molecule is C[C@@H]1c2ncc(CN3CCN(C)CC3)n2CCN1Cc1cccs1. The lowest BCUT2D eigenvalue weighted by atomic mass is 10.2. The first kappa shape index (κ1) is 16.3. The van der Waals surface area contributed by atoms with Gasteiger partial charge >= 0.3 is 0 Å². The van der Waals surface area contributed by atoms with E-state index in [1.54, 1.807) is 0 Å². The molecular weight excluding hydrogens is 318 g/mol. The first-order valence-electron chi connectivity index (χ1n) is 8.92. The summed E-state index contributed by atoms with van der Waals surface area (Å²) >= 11 is 1.85. The summed E-state index contributed by atoms with van der Waals surface area (Å²) in [6, 6.07) is 4.77. The minimum Gasteiger partial charge on any atom is -0.328 e. The van der Waals surface area contributed by atoms with Gasteiger partial charge in [0, 0.05) is 63.4 Å². The van der Waals surface area contributed by atoms with Gasteiger partial charge in [-0.1, -0.05) is 6.07 Å². The quantitative estimate of drug-likeness (QED) is 0.850. The molecule has 0 aliphatic carbocycles. The number of hydrogen-bond donors (Lipinski definition) is 0. The third kappa shape index (κ3) is 3.28. The van der Waals surface area contributed by atoms with Crippen LogP contribution >= 0.6 is 11.3 Å². The topological polar surface area (TPSA) is 27.5 Å². The van der Waals surface area contributed by atoms with E-state index in [-0.39, 0.29) is 0 Å². The highest BCUT2D eigenvalue weighted by Gasteiger charge is 2.27. The summed E-state index contributed by atoms with van der Waals surface area (Å²) in [5.74, 6) is 1.24. The molecule has 5 nitrogen and oxygen atoms in total. The molecular formula is C18H27N5S. The van der Waals surface area contributed by atoms with E-state index < -0.39 is 0 Å². The van der Waals surface area contributed by atoms with Gasteiger partial charge in [0.15, 0.2) is 0 Å². The second-order valence-electron chi connectivity index (χ2n) is 7.06. The van der Waals surface area contributed by atoms with E-state index in [1.807, 2.05) is 11.3 Å². The van der Waals surface area contributed by atoms with Crippen molar-refractivity contribution in [1.29, 1.82) is 0 Å². The number of aromatic nitrogens is 2. The van der Waals surface area contributed by atoms with Crippen LogP contribution in [-0.2, 0) is 19.6 Å². The summed E-state index contributed by atoms with van der Waals surface area (Å²) in [7, 11) is 2.21. The van der Waals surface area contributed by atoms with E-state index >= 15 is 0 Å². The molecule has 0 N–H and O–H groups in total. The third-order valence-corrected chi connectivity index (χ3v) is 6.28. The summed E-state index contributed by atoms with van der Waals surface area (Å²) in [6.45, 7) is 11.2. The molecule has 2 aromatic rings. The van der Waals surface area contributed by atoms with Crippen molar-refractivity contribution >= 4 is 11.3 Å². The fraction of sp³-hybridized carbons (Fsp3) is 0.611. The van der Waals surface area contributed by atoms with Crippen molar-refractivity contribution in [3.63, 3.8) is 0 Å². The molecule has 0 saturated carbocycles. The monoisotopic (exact) mass is 345 g/mol. The zero-order chi connectivity index (χ0) is 16.5. The number of rotatable bonds is 4. The molecule has 0 aromatic carbocycles. The van der Waals surface area contributed by atoms with Crippen molar-refractivity contribution in [2.45, 2.75) is 32.6 Å². The smallest absolute Gasteiger partial charge is 0.126 e. The molecule has 0 spiro atoms. The van der Waals surface area contributed by atoms with Gasteiger partial charge in [-0.2, -0.15) is 0 Å². The highest BCUT2D eigenvalue weighted by molar-refractivity contribution is 7.09. The van der Waals surface area contributed by atoms with Crippen LogP contribution in [0.25, 0.3) is 0 Å². The Balaban J connectivity index is 1.44. The number of fused-ring (bicyclic) bond motifs is 1. The molecule has 1 saturated heterocycles. The fourth-order valence-electron chi connectivity index (χ4n) is 3.78. The molecule has 0 amide bonds. The zero-order valence-corrected chi connectivity index (χ0v) is 15.5. The molecule has 2 aliphatic heterocycles. The van der Waals surface area contributed by atoms with Gasteiger partial charge in [-0.15, -0.1) is 11.3 Å². The molecule has 0 unspecified atom stereocenters. The van der Waals surface area contributed by atoms with E-state index in [4.69, 9.17) is 4.98 Å². The molecule has 2 aromatic heterocycles. The predicted octanol–water partition coefficient (Wildman–Crippen LogP) is 2.27. The second kappa shape index (κ2) is 6.96. The minimum atomic E-state index is 0.391. The largest absolute Gasteiger partial charge is 0.328 e. The van der Waals surface area contributed by atoms with Gasteiger partial charge in [0.05, 0.1) is 11.7 Å². The van der Waals surface area contributed by atoms with Gasteiger partial charge in [0.2, 0.25) is 0 Å². The normalized spacial score (nSPS) is 23.5. The number of imidazole rings is 1. The molecule has 4 rings (SSSR count). The van der Waals surface area contributed by atoms with E-state index in [2.05, 4.69) is 56.9 Å². The van der Waals surface area contributed by atoms with Crippen molar-refractivity contribution in [1.82, 2.24) is 24.3 Å². The van der Waals surface area contributed by atoms with Gasteiger partial charge in [-0.3, -0.25) is 9.80 Å². The summed E-state index contributed by atoms with van der Waals surface area (Å²) in [4.78, 5) is 13.8. The fourth-order valence-corrected chi connectivity index (χ4v) is 4.51. The summed E-state index contributed by atoms with van der Waals surface area (Å²) in [6.07, 6.45) is 2.11. The molecule has 1 atom stereocenters. The summed E-state index contributed by atoms with van der Waals surface area (Å²) in [5, 5.41) is 2.17. The molecule has 1 fully saturated rings. The Kier molecular flexibility index (Phi) is 4.72. The number of nitrogens with zero attached hydrogens (tertiary/aromatic N) is 5. The van der Waals surface area contributed by atoms with Crippen molar-refractivity contribution in [2.24, 2.45) is 0 Å². The minimum absolute atomic E-state index is 0.391. The van der Waals surface area contributed by atoms with E-state index in [1.165, 1.54) is 29.5 Å². The van der Waals surface area contributed by atoms with Crippen LogP contribution in [-0.4, -0.2) is 64.0 Å². The predicted molar refractivity (Wildman–Crippen MR) is 98.1 cm³/mol. The van der Waals surface area contributed by atoms with Crippen LogP contribution < -0.4 is 0 Å². The lowest BCUT2D eigenvalue weighted by Gasteiger charge is -2.35. The lowest BCUT2D eigenvalue weighted by Crippen LogP contribution is -2.44. The Morgan fingerprint density at radius 1 is 1.12 bits per heavy atom. The van der Waals surface area contributed by atoms with Gasteiger partial charge in [-0.25, -0.2) is 4.98 Å². The Morgan fingerprint density at radius 3 is 2.71 bits per heavy atom. The Labute approximate surface area is 148 Å². The molecule has 24 heavy (non-hydrogen) atoms. The van der Waals surface area contributed by atoms with Crippen LogP contribution in [0, 0.1) is 0 Å². The molecule has 6 heteroatoms. The maximum Gasteiger partial charge on any atom is 0.126 e. The van der Waals surface area contributed by atoms with Crippen molar-refractivity contribution in [2.75, 3.05) is 39.8 Å². The second-order valence-corrected chi connectivity index (χ2v) is 8.10. The van der Waals surface area contributed by atoms with E-state index in [0.717, 1.165) is 39.3 Å². The Bertz CT molecular complexity index is 657. The van der Waals surface area contributed by atoms with Gasteiger partial charge < -0.3 is 9.47 Å². The van der Waals surface area contributed by atoms with Crippen molar-refractivity contribution in [3.8, 4) is 0 Å². The highest BCUT2D eigenvalue weighted by atomic mass is 32.1. The maximum atomic E-state index is 4.79. The van der Waals surface area contributed by atoms with Gasteiger partial charge in [0.25, 0.3) is 0 Å². The van der Waals surface area contributed by atoms with Crippen LogP contribution in [0.2, 0.25) is 0 Å². The number of thiophene rings is 1. The van der Waals surface area contributed by atoms with Crippen molar-refractivity contribution in [3.05, 3.63) is 40.1 Å². The van der Waals surface area contributed by atoms with Crippen LogP contribution in [0.1, 0.15) is 29.4 Å². The van der Waals surface area contributed by atoms with E-state index in [9.17, 15) is 0 Å². The first-order chi connectivity index (χ1) is 11.7. The zero-order valence-electron chi connectivity index (χ0n) is 14.7. The molecule has 0 radical (unpaired) electrons. The van der Waals surface area contributed by atoms with Crippen LogP contribution in [0.15, 0.2) is 23.7 Å². The Hall–Kier alpha value is -1.21. The maximum absolute atomic E-state index is 4.79.